The largest absolute Gasteiger partial charge is 0.505 e. The van der Waals surface area contributed by atoms with Crippen LogP contribution < -0.4 is 5.32 Å². The van der Waals surface area contributed by atoms with Gasteiger partial charge in [0.1, 0.15) is 11.3 Å². The molecule has 26 heavy (non-hydrogen) atoms. The normalized spacial score (nSPS) is 10.8. The maximum atomic E-state index is 13.7. The molecule has 0 saturated carbocycles. The van der Waals surface area contributed by atoms with Crippen molar-refractivity contribution in [3.05, 3.63) is 70.6 Å². The van der Waals surface area contributed by atoms with Gasteiger partial charge in [-0.1, -0.05) is 29.8 Å². The van der Waals surface area contributed by atoms with Crippen LogP contribution in [0.3, 0.4) is 0 Å². The van der Waals surface area contributed by atoms with Crippen molar-refractivity contribution in [1.29, 1.82) is 0 Å². The summed E-state index contributed by atoms with van der Waals surface area (Å²) in [6.45, 7) is 0.384. The van der Waals surface area contributed by atoms with Gasteiger partial charge in [0.05, 0.1) is 5.56 Å². The number of pyridine rings is 1. The van der Waals surface area contributed by atoms with E-state index >= 15 is 0 Å². The Kier molecular flexibility index (Phi) is 5.96. The maximum absolute atomic E-state index is 13.7. The van der Waals surface area contributed by atoms with Crippen molar-refractivity contribution in [3.63, 3.8) is 0 Å². The molecule has 4 nitrogen and oxygen atoms in total. The molecular weight excluding hydrogens is 375 g/mol. The van der Waals surface area contributed by atoms with E-state index in [9.17, 15) is 14.3 Å². The minimum atomic E-state index is -0.375. The fourth-order valence-corrected chi connectivity index (χ4v) is 3.69. The van der Waals surface area contributed by atoms with Crippen LogP contribution in [0.2, 0.25) is 5.02 Å². The fraction of sp³-hybridized carbons (Fsp3) is 0.158. The zero-order chi connectivity index (χ0) is 18.5. The minimum Gasteiger partial charge on any atom is -0.505 e. The Balaban J connectivity index is 1.54. The average molecular weight is 391 g/mol. The predicted molar refractivity (Wildman–Crippen MR) is 103 cm³/mol. The number of carbonyl (C=O) groups is 1. The first-order valence-corrected chi connectivity index (χ1v) is 9.46. The second kappa shape index (κ2) is 8.38. The number of nitrogens with zero attached hydrogens (tertiary/aromatic N) is 1. The molecule has 134 valence electrons. The van der Waals surface area contributed by atoms with Crippen molar-refractivity contribution in [3.8, 4) is 5.75 Å². The summed E-state index contributed by atoms with van der Waals surface area (Å²) in [5, 5.41) is 14.2. The molecule has 1 heterocycles. The van der Waals surface area contributed by atoms with E-state index in [1.807, 2.05) is 6.07 Å². The van der Waals surface area contributed by atoms with Crippen molar-refractivity contribution < 1.29 is 14.3 Å². The van der Waals surface area contributed by atoms with Gasteiger partial charge in [0, 0.05) is 40.2 Å². The van der Waals surface area contributed by atoms with E-state index in [0.29, 0.717) is 34.2 Å². The molecule has 7 heteroatoms. The first-order valence-electron chi connectivity index (χ1n) is 7.93. The molecule has 0 atom stereocenters. The summed E-state index contributed by atoms with van der Waals surface area (Å²) in [6.07, 6.45) is 1.56. The monoisotopic (exact) mass is 390 g/mol. The number of thioether (sulfide) groups is 1. The van der Waals surface area contributed by atoms with E-state index in [1.54, 1.807) is 36.5 Å². The molecule has 0 fully saturated rings. The van der Waals surface area contributed by atoms with E-state index in [-0.39, 0.29) is 23.0 Å². The Morgan fingerprint density at radius 1 is 1.23 bits per heavy atom. The Morgan fingerprint density at radius 2 is 2.08 bits per heavy atom. The smallest absolute Gasteiger partial charge is 0.255 e. The first-order chi connectivity index (χ1) is 12.6. The lowest BCUT2D eigenvalue weighted by Gasteiger charge is -2.09. The molecule has 1 amide bonds. The SMILES string of the molecule is O=C(NCCSCc1c(F)cccc1Cl)c1ccc2cccnc2c1O. The number of hydrogen-bond donors (Lipinski definition) is 2. The highest BCUT2D eigenvalue weighted by Gasteiger charge is 2.14. The Hall–Kier alpha value is -2.31. The van der Waals surface area contributed by atoms with Crippen molar-refractivity contribution in [2.24, 2.45) is 0 Å². The van der Waals surface area contributed by atoms with Crippen LogP contribution >= 0.6 is 23.4 Å². The van der Waals surface area contributed by atoms with Gasteiger partial charge in [-0.25, -0.2) is 4.39 Å². The lowest BCUT2D eigenvalue weighted by atomic mass is 10.1. The van der Waals surface area contributed by atoms with Crippen LogP contribution in [0.15, 0.2) is 48.7 Å². The number of hydrogen-bond acceptors (Lipinski definition) is 4. The van der Waals surface area contributed by atoms with Gasteiger partial charge in [-0.2, -0.15) is 11.8 Å². The third kappa shape index (κ3) is 4.08. The van der Waals surface area contributed by atoms with Gasteiger partial charge < -0.3 is 10.4 Å². The van der Waals surface area contributed by atoms with Crippen LogP contribution in [0, 0.1) is 5.82 Å². The third-order valence-electron chi connectivity index (χ3n) is 3.83. The molecule has 0 saturated heterocycles. The van der Waals surface area contributed by atoms with Crippen molar-refractivity contribution in [2.45, 2.75) is 5.75 Å². The molecular formula is C19H16ClFN2O2S. The number of phenols is 1. The van der Waals surface area contributed by atoms with Crippen LogP contribution in [0.4, 0.5) is 4.39 Å². The first kappa shape index (κ1) is 18.5. The highest BCUT2D eigenvalue weighted by molar-refractivity contribution is 7.98. The Morgan fingerprint density at radius 3 is 2.88 bits per heavy atom. The second-order valence-electron chi connectivity index (χ2n) is 5.55. The zero-order valence-corrected chi connectivity index (χ0v) is 15.3. The van der Waals surface area contributed by atoms with E-state index in [2.05, 4.69) is 10.3 Å². The van der Waals surface area contributed by atoms with Crippen molar-refractivity contribution in [2.75, 3.05) is 12.3 Å². The van der Waals surface area contributed by atoms with Gasteiger partial charge in [-0.05, 0) is 24.3 Å². The maximum Gasteiger partial charge on any atom is 0.255 e. The third-order valence-corrected chi connectivity index (χ3v) is 5.17. The molecule has 1 aromatic heterocycles. The molecule has 0 radical (unpaired) electrons. The molecule has 3 rings (SSSR count). The summed E-state index contributed by atoms with van der Waals surface area (Å²) in [5.74, 6) is 0.170. The van der Waals surface area contributed by atoms with Crippen LogP contribution in [-0.2, 0) is 5.75 Å². The molecule has 0 aliphatic rings. The number of nitrogens with one attached hydrogen (secondary N) is 1. The lowest BCUT2D eigenvalue weighted by Crippen LogP contribution is -2.25. The number of halogens is 2. The molecule has 0 bridgehead atoms. The van der Waals surface area contributed by atoms with E-state index in [0.717, 1.165) is 5.39 Å². The number of benzene rings is 2. The lowest BCUT2D eigenvalue weighted by molar-refractivity contribution is 0.0953. The summed E-state index contributed by atoms with van der Waals surface area (Å²) in [6, 6.07) is 11.5. The van der Waals surface area contributed by atoms with E-state index in [1.165, 1.54) is 17.8 Å². The molecule has 0 unspecified atom stereocenters. The number of rotatable bonds is 6. The summed E-state index contributed by atoms with van der Waals surface area (Å²) < 4.78 is 13.7. The fourth-order valence-electron chi connectivity index (χ4n) is 2.49. The van der Waals surface area contributed by atoms with Crippen molar-refractivity contribution in [1.82, 2.24) is 10.3 Å². The molecule has 0 spiro atoms. The standard InChI is InChI=1S/C19H16ClFN2O2S/c20-15-4-1-5-16(21)14(15)11-26-10-9-23-19(25)13-7-6-12-3-2-8-22-17(12)18(13)24/h1-8,24H,9-11H2,(H,23,25). The number of phenolic OH excluding ortho intramolecular Hbond substituents is 1. The van der Waals surface area contributed by atoms with Crippen LogP contribution in [0.5, 0.6) is 5.75 Å². The molecule has 0 aliphatic heterocycles. The number of fused-ring (bicyclic) bond motifs is 1. The van der Waals surface area contributed by atoms with Gasteiger partial charge in [0.15, 0.2) is 5.75 Å². The molecule has 3 aromatic rings. The van der Waals surface area contributed by atoms with E-state index < -0.39 is 0 Å². The van der Waals surface area contributed by atoms with Gasteiger partial charge in [0.2, 0.25) is 0 Å². The zero-order valence-electron chi connectivity index (χ0n) is 13.7. The molecule has 0 aliphatic carbocycles. The number of carbonyl (C=O) groups excluding carboxylic acids is 1. The Bertz CT molecular complexity index is 932. The summed E-state index contributed by atoms with van der Waals surface area (Å²) in [4.78, 5) is 16.4. The topological polar surface area (TPSA) is 62.2 Å². The van der Waals surface area contributed by atoms with Crippen LogP contribution in [0.1, 0.15) is 15.9 Å². The van der Waals surface area contributed by atoms with Crippen molar-refractivity contribution >= 4 is 40.2 Å². The number of aromatic hydroxyl groups is 1. The number of amides is 1. The van der Waals surface area contributed by atoms with E-state index in [4.69, 9.17) is 11.6 Å². The van der Waals surface area contributed by atoms with Gasteiger partial charge in [-0.15, -0.1) is 0 Å². The van der Waals surface area contributed by atoms with Gasteiger partial charge in [0.25, 0.3) is 5.91 Å². The average Bonchev–Trinajstić information content (AvgIpc) is 2.64. The highest BCUT2D eigenvalue weighted by Crippen LogP contribution is 2.27. The minimum absolute atomic E-state index is 0.133. The van der Waals surface area contributed by atoms with Gasteiger partial charge in [-0.3, -0.25) is 9.78 Å². The second-order valence-corrected chi connectivity index (χ2v) is 7.06. The summed E-state index contributed by atoms with van der Waals surface area (Å²) >= 11 is 7.45. The molecule has 2 N–H and O–H groups in total. The van der Waals surface area contributed by atoms with Crippen LogP contribution in [-0.4, -0.2) is 28.3 Å². The highest BCUT2D eigenvalue weighted by atomic mass is 35.5. The van der Waals surface area contributed by atoms with Gasteiger partial charge >= 0.3 is 0 Å². The summed E-state index contributed by atoms with van der Waals surface area (Å²) in [7, 11) is 0. The van der Waals surface area contributed by atoms with Crippen LogP contribution in [0.25, 0.3) is 10.9 Å². The predicted octanol–water partition coefficient (Wildman–Crippen LogP) is 4.40. The summed E-state index contributed by atoms with van der Waals surface area (Å²) in [5.41, 5.74) is 1.03. The quantitative estimate of drug-likeness (QED) is 0.612. The number of aromatic nitrogens is 1. The Labute approximate surface area is 159 Å². The molecule has 2 aromatic carbocycles.